The smallest absolute Gasteiger partial charge is 0.403 e. The summed E-state index contributed by atoms with van der Waals surface area (Å²) in [5, 5.41) is 0. The number of carbonyl (C=O) groups is 1. The fraction of sp³-hybridized carbons (Fsp3) is 0.889. The van der Waals surface area contributed by atoms with Crippen LogP contribution in [0.3, 0.4) is 0 Å². The summed E-state index contributed by atoms with van der Waals surface area (Å²) in [6, 6.07) is 0. The lowest BCUT2D eigenvalue weighted by Crippen LogP contribution is -2.43. The van der Waals surface area contributed by atoms with Gasteiger partial charge in [0.05, 0.1) is 5.60 Å². The molecule has 0 saturated heterocycles. The summed E-state index contributed by atoms with van der Waals surface area (Å²) < 4.78 is 85.0. The Morgan fingerprint density at radius 3 is 2.14 bits per heavy atom. The summed E-state index contributed by atoms with van der Waals surface area (Å²) in [6.45, 7) is 14.5. The monoisotopic (exact) mass is 542 g/mol. The number of fused-ring (bicyclic) bond motifs is 1. The minimum absolute atomic E-state index is 0.0557. The molecule has 0 heterocycles. The Hall–Kier alpha value is -0.833. The molecule has 4 atom stereocenters. The third kappa shape index (κ3) is 7.84. The summed E-state index contributed by atoms with van der Waals surface area (Å²) in [4.78, 5) is 12.7. The number of alkyl halides is 6. The number of hydrogen-bond acceptors (Lipinski definition) is 2. The minimum atomic E-state index is -5.39. The van der Waals surface area contributed by atoms with E-state index in [1.807, 2.05) is 20.8 Å². The molecule has 2 unspecified atom stereocenters. The molecule has 0 radical (unpaired) electrons. The second-order valence-electron chi connectivity index (χ2n) is 13.2. The molecule has 0 N–H and O–H groups in total. The van der Waals surface area contributed by atoms with Crippen LogP contribution in [0.4, 0.5) is 26.3 Å². The number of hydrogen-bond donors (Lipinski definition) is 0. The number of allylic oxidation sites excluding steroid dienone is 2. The van der Waals surface area contributed by atoms with Gasteiger partial charge in [-0.05, 0) is 95.2 Å². The maximum Gasteiger partial charge on any atom is 0.403 e. The Kier molecular flexibility index (Phi) is 9.36. The Bertz CT molecular complexity index is 784. The van der Waals surface area contributed by atoms with Crippen LogP contribution in [-0.4, -0.2) is 32.1 Å². The van der Waals surface area contributed by atoms with E-state index in [1.54, 1.807) is 0 Å². The molecular formula is C27H44F6O2Si. The highest BCUT2D eigenvalue weighted by atomic mass is 28.4. The van der Waals surface area contributed by atoms with Crippen molar-refractivity contribution >= 4 is 14.1 Å². The average Bonchev–Trinajstić information content (AvgIpc) is 3.00. The summed E-state index contributed by atoms with van der Waals surface area (Å²) >= 11 is 0. The van der Waals surface area contributed by atoms with Crippen LogP contribution < -0.4 is 0 Å². The molecule has 2 fully saturated rings. The maximum atomic E-state index is 13.1. The van der Waals surface area contributed by atoms with Crippen LogP contribution in [0.2, 0.25) is 19.6 Å². The van der Waals surface area contributed by atoms with Crippen molar-refractivity contribution < 1.29 is 35.6 Å². The SMILES string of the molecule is CC(C)(CCC[C@](C)(C/C=C/C(C(F)(F)F)C(F)(F)F)C1CCC2C(=O)CCC[C@@]21C)O[Si](C)(C)C. The number of rotatable bonds is 10. The van der Waals surface area contributed by atoms with Crippen molar-refractivity contribution in [3.8, 4) is 0 Å². The Labute approximate surface area is 213 Å². The maximum absolute atomic E-state index is 13.1. The van der Waals surface area contributed by atoms with Gasteiger partial charge in [-0.1, -0.05) is 32.4 Å². The van der Waals surface area contributed by atoms with E-state index in [0.29, 0.717) is 12.8 Å². The lowest BCUT2D eigenvalue weighted by Gasteiger charge is -2.48. The average molecular weight is 543 g/mol. The van der Waals surface area contributed by atoms with E-state index >= 15 is 0 Å². The Morgan fingerprint density at radius 2 is 1.61 bits per heavy atom. The fourth-order valence-corrected chi connectivity index (χ4v) is 8.93. The van der Waals surface area contributed by atoms with Crippen LogP contribution in [-0.2, 0) is 9.22 Å². The fourth-order valence-electron chi connectivity index (χ4n) is 7.17. The van der Waals surface area contributed by atoms with Crippen molar-refractivity contribution in [1.82, 2.24) is 0 Å². The van der Waals surface area contributed by atoms with E-state index in [1.165, 1.54) is 0 Å². The molecule has 36 heavy (non-hydrogen) atoms. The van der Waals surface area contributed by atoms with Crippen molar-refractivity contribution in [1.29, 1.82) is 0 Å². The predicted octanol–water partition coefficient (Wildman–Crippen LogP) is 9.27. The molecule has 0 aromatic carbocycles. The third-order valence-electron chi connectivity index (χ3n) is 8.43. The van der Waals surface area contributed by atoms with Crippen LogP contribution in [0.5, 0.6) is 0 Å². The van der Waals surface area contributed by atoms with Crippen molar-refractivity contribution in [3.63, 3.8) is 0 Å². The highest BCUT2D eigenvalue weighted by Crippen LogP contribution is 2.61. The van der Waals surface area contributed by atoms with E-state index in [0.717, 1.165) is 44.6 Å². The Balaban J connectivity index is 2.30. The first kappa shape index (κ1) is 31.4. The van der Waals surface area contributed by atoms with E-state index in [2.05, 4.69) is 26.6 Å². The molecule has 0 spiro atoms. The van der Waals surface area contributed by atoms with Crippen LogP contribution in [0.15, 0.2) is 12.2 Å². The summed E-state index contributed by atoms with van der Waals surface area (Å²) in [5.41, 5.74) is -1.15. The second kappa shape index (κ2) is 10.7. The van der Waals surface area contributed by atoms with Gasteiger partial charge in [0, 0.05) is 12.3 Å². The van der Waals surface area contributed by atoms with Crippen molar-refractivity contribution in [2.24, 2.45) is 28.6 Å². The predicted molar refractivity (Wildman–Crippen MR) is 133 cm³/mol. The number of carbonyl (C=O) groups excluding carboxylic acids is 1. The molecule has 2 saturated carbocycles. The first-order valence-electron chi connectivity index (χ1n) is 13.1. The molecule has 0 aliphatic heterocycles. The molecule has 210 valence electrons. The zero-order chi connectivity index (χ0) is 27.8. The van der Waals surface area contributed by atoms with Gasteiger partial charge in [0.25, 0.3) is 0 Å². The van der Waals surface area contributed by atoms with E-state index in [4.69, 9.17) is 4.43 Å². The lowest BCUT2D eigenvalue weighted by atomic mass is 9.56. The molecule has 2 aliphatic carbocycles. The van der Waals surface area contributed by atoms with Gasteiger partial charge in [-0.15, -0.1) is 0 Å². The molecule has 2 aliphatic rings. The van der Waals surface area contributed by atoms with Crippen molar-refractivity contribution in [3.05, 3.63) is 12.2 Å². The van der Waals surface area contributed by atoms with Gasteiger partial charge in [-0.2, -0.15) is 26.3 Å². The zero-order valence-electron chi connectivity index (χ0n) is 22.8. The Morgan fingerprint density at radius 1 is 1.03 bits per heavy atom. The topological polar surface area (TPSA) is 26.3 Å². The molecule has 2 rings (SSSR count). The van der Waals surface area contributed by atoms with Crippen LogP contribution in [0.25, 0.3) is 0 Å². The van der Waals surface area contributed by atoms with Crippen molar-refractivity contribution in [2.75, 3.05) is 0 Å². The van der Waals surface area contributed by atoms with Gasteiger partial charge in [0.1, 0.15) is 5.78 Å². The van der Waals surface area contributed by atoms with E-state index < -0.39 is 32.0 Å². The third-order valence-corrected chi connectivity index (χ3v) is 9.60. The molecular weight excluding hydrogens is 498 g/mol. The minimum Gasteiger partial charge on any atom is -0.413 e. The molecule has 0 aromatic rings. The zero-order valence-corrected chi connectivity index (χ0v) is 23.8. The van der Waals surface area contributed by atoms with E-state index in [9.17, 15) is 31.1 Å². The van der Waals surface area contributed by atoms with Gasteiger partial charge in [-0.3, -0.25) is 4.79 Å². The van der Waals surface area contributed by atoms with Gasteiger partial charge in [0.2, 0.25) is 0 Å². The molecule has 0 aromatic heterocycles. The summed E-state index contributed by atoms with van der Waals surface area (Å²) in [6.07, 6.45) is -3.39. The largest absolute Gasteiger partial charge is 0.413 e. The first-order valence-corrected chi connectivity index (χ1v) is 16.5. The van der Waals surface area contributed by atoms with E-state index in [-0.39, 0.29) is 41.1 Å². The first-order chi connectivity index (χ1) is 16.1. The number of Topliss-reactive ketones (excluding diaryl/α,β-unsaturated/α-hetero) is 1. The highest BCUT2D eigenvalue weighted by Gasteiger charge is 2.57. The van der Waals surface area contributed by atoms with Gasteiger partial charge >= 0.3 is 12.4 Å². The standard InChI is InChI=1S/C27H44F6O2Si/c1-23(2,35-36(5,6)7)15-10-17-24(3,16-9-12-22(26(28,29)30)27(31,32)33)21-14-13-19-20(34)11-8-18-25(19,21)4/h9,12,19,21-22H,8,10-11,13-18H2,1-7H3/b12-9+/t19?,21?,24-,25-/m0/s1. The number of halogens is 6. The number of ketones is 1. The van der Waals surface area contributed by atoms with Gasteiger partial charge in [0.15, 0.2) is 14.2 Å². The molecule has 9 heteroatoms. The van der Waals surface area contributed by atoms with Gasteiger partial charge in [-0.25, -0.2) is 0 Å². The molecule has 2 nitrogen and oxygen atoms in total. The van der Waals surface area contributed by atoms with Crippen LogP contribution in [0.1, 0.15) is 85.5 Å². The molecule has 0 amide bonds. The van der Waals surface area contributed by atoms with Crippen LogP contribution in [0, 0.1) is 28.6 Å². The summed E-state index contributed by atoms with van der Waals surface area (Å²) in [5.74, 6) is -3.23. The normalized spacial score (nSPS) is 28.1. The highest BCUT2D eigenvalue weighted by molar-refractivity contribution is 6.69. The quantitative estimate of drug-likeness (QED) is 0.156. The summed E-state index contributed by atoms with van der Waals surface area (Å²) in [7, 11) is -1.79. The van der Waals surface area contributed by atoms with Gasteiger partial charge < -0.3 is 4.43 Å². The second-order valence-corrected chi connectivity index (χ2v) is 17.6. The van der Waals surface area contributed by atoms with Crippen molar-refractivity contribution in [2.45, 2.75) is 123 Å². The molecule has 0 bridgehead atoms. The van der Waals surface area contributed by atoms with Crippen LogP contribution >= 0.6 is 0 Å². The lowest BCUT2D eigenvalue weighted by molar-refractivity contribution is -0.267.